The second-order valence-corrected chi connectivity index (χ2v) is 6.41. The maximum Gasteiger partial charge on any atom is 0.301 e. The highest BCUT2D eigenvalue weighted by Crippen LogP contribution is 2.49. The third-order valence-corrected chi connectivity index (χ3v) is 4.81. The predicted octanol–water partition coefficient (Wildman–Crippen LogP) is 4.49. The third kappa shape index (κ3) is 1.86. The van der Waals surface area contributed by atoms with Crippen molar-refractivity contribution in [2.75, 3.05) is 0 Å². The van der Waals surface area contributed by atoms with Gasteiger partial charge in [-0.15, -0.1) is 0 Å². The van der Waals surface area contributed by atoms with Crippen LogP contribution in [0.15, 0.2) is 65.7 Å². The van der Waals surface area contributed by atoms with E-state index in [-0.39, 0.29) is 16.3 Å². The summed E-state index contributed by atoms with van der Waals surface area (Å²) in [6.45, 7) is 0. The van der Waals surface area contributed by atoms with Gasteiger partial charge < -0.3 is 14.6 Å². The molecule has 1 N–H and O–H groups in total. The number of Topliss-reactive ketones (excluding diaryl/α,β-unsaturated/α-hetero) is 1. The van der Waals surface area contributed by atoms with E-state index in [2.05, 4.69) is 0 Å². The Labute approximate surface area is 147 Å². The molecular formula is C20H11ClO4. The summed E-state index contributed by atoms with van der Waals surface area (Å²) in [5.74, 6) is -0.753. The fourth-order valence-electron chi connectivity index (χ4n) is 3.46. The first kappa shape index (κ1) is 14.4. The van der Waals surface area contributed by atoms with E-state index in [9.17, 15) is 9.90 Å². The largest absolute Gasteiger partial charge is 0.507 e. The van der Waals surface area contributed by atoms with Crippen molar-refractivity contribution in [3.8, 4) is 17.2 Å². The number of phenolic OH excluding ortho intramolecular Hbond substituents is 1. The molecule has 0 bridgehead atoms. The van der Waals surface area contributed by atoms with Gasteiger partial charge in [0.1, 0.15) is 17.2 Å². The van der Waals surface area contributed by atoms with Gasteiger partial charge in [0.15, 0.2) is 0 Å². The minimum Gasteiger partial charge on any atom is -0.507 e. The molecule has 0 unspecified atom stereocenters. The van der Waals surface area contributed by atoms with E-state index in [1.54, 1.807) is 12.1 Å². The Morgan fingerprint density at radius 2 is 1.56 bits per heavy atom. The van der Waals surface area contributed by atoms with Crippen molar-refractivity contribution in [3.05, 3.63) is 76.8 Å². The van der Waals surface area contributed by atoms with E-state index in [0.717, 1.165) is 10.8 Å². The van der Waals surface area contributed by atoms with Gasteiger partial charge in [0, 0.05) is 6.08 Å². The number of ketones is 1. The number of fused-ring (bicyclic) bond motifs is 2. The molecule has 0 aromatic heterocycles. The van der Waals surface area contributed by atoms with Gasteiger partial charge in [0.2, 0.25) is 5.78 Å². The van der Waals surface area contributed by atoms with Gasteiger partial charge in [-0.1, -0.05) is 41.9 Å². The van der Waals surface area contributed by atoms with Crippen LogP contribution in [0.5, 0.6) is 17.2 Å². The highest BCUT2D eigenvalue weighted by Gasteiger charge is 2.47. The van der Waals surface area contributed by atoms with E-state index in [1.165, 1.54) is 12.1 Å². The Morgan fingerprint density at radius 3 is 2.24 bits per heavy atom. The highest BCUT2D eigenvalue weighted by molar-refractivity contribution is 6.46. The summed E-state index contributed by atoms with van der Waals surface area (Å²) in [6.07, 6.45) is 1.45. The van der Waals surface area contributed by atoms with Crippen molar-refractivity contribution in [3.63, 3.8) is 0 Å². The molecule has 0 amide bonds. The molecule has 5 heteroatoms. The summed E-state index contributed by atoms with van der Waals surface area (Å²) in [5, 5.41) is 12.0. The number of phenols is 1. The number of benzene rings is 3. The molecule has 1 heterocycles. The van der Waals surface area contributed by atoms with Crippen molar-refractivity contribution in [2.45, 2.75) is 5.79 Å². The number of carbonyl (C=O) groups is 1. The molecule has 0 fully saturated rings. The molecule has 4 nitrogen and oxygen atoms in total. The molecule has 0 atom stereocenters. The number of hydrogen-bond donors (Lipinski definition) is 1. The van der Waals surface area contributed by atoms with E-state index >= 15 is 0 Å². The van der Waals surface area contributed by atoms with Crippen LogP contribution in [0.3, 0.4) is 0 Å². The van der Waals surface area contributed by atoms with Crippen LogP contribution in [0.25, 0.3) is 10.8 Å². The summed E-state index contributed by atoms with van der Waals surface area (Å²) in [7, 11) is 0. The van der Waals surface area contributed by atoms with E-state index < -0.39 is 11.6 Å². The average molecular weight is 351 g/mol. The zero-order valence-electron chi connectivity index (χ0n) is 12.8. The summed E-state index contributed by atoms with van der Waals surface area (Å²) in [6, 6.07) is 16.2. The number of allylic oxidation sites excluding steroid dienone is 1. The Hall–Kier alpha value is -2.98. The van der Waals surface area contributed by atoms with Crippen molar-refractivity contribution in [2.24, 2.45) is 0 Å². The number of ether oxygens (including phenoxy) is 2. The lowest BCUT2D eigenvalue weighted by molar-refractivity contribution is -0.0843. The summed E-state index contributed by atoms with van der Waals surface area (Å²) < 4.78 is 12.4. The fourth-order valence-corrected chi connectivity index (χ4v) is 3.70. The first-order valence-electron chi connectivity index (χ1n) is 7.74. The molecule has 1 aliphatic carbocycles. The van der Waals surface area contributed by atoms with Gasteiger partial charge >= 0.3 is 5.79 Å². The lowest BCUT2D eigenvalue weighted by Crippen LogP contribution is -2.43. The zero-order chi connectivity index (χ0) is 17.2. The normalized spacial score (nSPS) is 16.8. The minimum absolute atomic E-state index is 0.0550. The van der Waals surface area contributed by atoms with Crippen molar-refractivity contribution >= 4 is 28.2 Å². The number of carbonyl (C=O) groups excluding carboxylic acids is 1. The molecule has 122 valence electrons. The Morgan fingerprint density at radius 1 is 0.920 bits per heavy atom. The summed E-state index contributed by atoms with van der Waals surface area (Å²) >= 11 is 6.16. The first-order valence-corrected chi connectivity index (χ1v) is 8.12. The third-order valence-electron chi connectivity index (χ3n) is 4.53. The molecule has 0 saturated heterocycles. The minimum atomic E-state index is -1.40. The Kier molecular flexibility index (Phi) is 2.74. The molecule has 2 aliphatic rings. The van der Waals surface area contributed by atoms with Crippen molar-refractivity contribution in [1.29, 1.82) is 0 Å². The maximum absolute atomic E-state index is 12.4. The Bertz CT molecular complexity index is 1060. The smallest absolute Gasteiger partial charge is 0.301 e. The molecule has 0 saturated carbocycles. The van der Waals surface area contributed by atoms with Crippen molar-refractivity contribution in [1.82, 2.24) is 0 Å². The van der Waals surface area contributed by atoms with Crippen LogP contribution in [0.2, 0.25) is 0 Å². The first-order chi connectivity index (χ1) is 12.1. The number of aromatic hydroxyl groups is 1. The Balaban J connectivity index is 1.81. The molecule has 5 rings (SSSR count). The molecule has 1 spiro atoms. The van der Waals surface area contributed by atoms with Gasteiger partial charge in [-0.3, -0.25) is 4.79 Å². The molecule has 3 aromatic carbocycles. The van der Waals surface area contributed by atoms with Crippen LogP contribution >= 0.6 is 11.6 Å². The number of rotatable bonds is 0. The van der Waals surface area contributed by atoms with Gasteiger partial charge in [0.25, 0.3) is 0 Å². The van der Waals surface area contributed by atoms with E-state index in [1.807, 2.05) is 36.4 Å². The van der Waals surface area contributed by atoms with Crippen LogP contribution in [-0.2, 0) is 5.79 Å². The molecule has 1 aliphatic heterocycles. The monoisotopic (exact) mass is 350 g/mol. The summed E-state index contributed by atoms with van der Waals surface area (Å²) in [4.78, 5) is 12.4. The lowest BCUT2D eigenvalue weighted by Gasteiger charge is -2.39. The van der Waals surface area contributed by atoms with Crippen molar-refractivity contribution < 1.29 is 19.4 Å². The van der Waals surface area contributed by atoms with Crippen LogP contribution in [0.1, 0.15) is 15.9 Å². The van der Waals surface area contributed by atoms with Gasteiger partial charge in [0.05, 0.1) is 21.5 Å². The van der Waals surface area contributed by atoms with Gasteiger partial charge in [-0.25, -0.2) is 0 Å². The molecule has 3 aromatic rings. The maximum atomic E-state index is 12.4. The zero-order valence-corrected chi connectivity index (χ0v) is 13.6. The van der Waals surface area contributed by atoms with Crippen LogP contribution < -0.4 is 9.47 Å². The van der Waals surface area contributed by atoms with Crippen LogP contribution in [-0.4, -0.2) is 10.9 Å². The predicted molar refractivity (Wildman–Crippen MR) is 93.3 cm³/mol. The highest BCUT2D eigenvalue weighted by atomic mass is 35.5. The topological polar surface area (TPSA) is 55.8 Å². The molecule has 0 radical (unpaired) electrons. The summed E-state index contributed by atoms with van der Waals surface area (Å²) in [5.41, 5.74) is 0.523. The van der Waals surface area contributed by atoms with Gasteiger partial charge in [-0.2, -0.15) is 0 Å². The van der Waals surface area contributed by atoms with Gasteiger partial charge in [-0.05, 0) is 29.7 Å². The van der Waals surface area contributed by atoms with E-state index in [0.29, 0.717) is 17.1 Å². The molecular weight excluding hydrogens is 340 g/mol. The number of halogens is 1. The standard InChI is InChI=1S/C20H11ClO4/c21-13-10-20(12-6-3-7-14(22)18(12)19(13)23)24-15-8-1-4-11-5-2-9-16(25-20)17(11)15/h1-10,22H. The second-order valence-electron chi connectivity index (χ2n) is 6.00. The molecule has 25 heavy (non-hydrogen) atoms. The lowest BCUT2D eigenvalue weighted by atomic mass is 9.89. The van der Waals surface area contributed by atoms with Crippen LogP contribution in [0.4, 0.5) is 0 Å². The quantitative estimate of drug-likeness (QED) is 0.649. The SMILES string of the molecule is O=C1C(Cl)=CC2(Oc3cccc4cccc(c34)O2)c2cccc(O)c21. The fraction of sp³-hybridized carbons (Fsp3) is 0.0500. The average Bonchev–Trinajstić information content (AvgIpc) is 2.60. The van der Waals surface area contributed by atoms with E-state index in [4.69, 9.17) is 21.1 Å². The van der Waals surface area contributed by atoms with Crippen LogP contribution in [0, 0.1) is 0 Å². The second kappa shape index (κ2) is 4.77. The number of hydrogen-bond acceptors (Lipinski definition) is 4.